The van der Waals surface area contributed by atoms with Crippen LogP contribution >= 0.6 is 0 Å². The molecule has 0 bridgehead atoms. The first kappa shape index (κ1) is 32.5. The maximum Gasteiger partial charge on any atom is 0.417 e. The van der Waals surface area contributed by atoms with Crippen molar-refractivity contribution >= 4 is 29.4 Å². The Morgan fingerprint density at radius 1 is 0.978 bits per heavy atom. The molecule has 3 aromatic rings. The fraction of sp³-hybridized carbons (Fsp3) is 0.375. The minimum Gasteiger partial charge on any atom is -0.461 e. The van der Waals surface area contributed by atoms with Crippen molar-refractivity contribution < 1.29 is 46.6 Å². The van der Waals surface area contributed by atoms with Crippen LogP contribution < -0.4 is 10.6 Å². The number of nitrogens with zero attached hydrogens (tertiary/aromatic N) is 2. The van der Waals surface area contributed by atoms with Gasteiger partial charge in [0.15, 0.2) is 23.3 Å². The summed E-state index contributed by atoms with van der Waals surface area (Å²) in [6.07, 6.45) is -2.38. The highest BCUT2D eigenvalue weighted by Gasteiger charge is 2.37. The molecule has 242 valence electrons. The molecule has 11 nitrogen and oxygen atoms in total. The molecule has 2 fully saturated rings. The van der Waals surface area contributed by atoms with Crippen LogP contribution in [-0.4, -0.2) is 64.4 Å². The smallest absolute Gasteiger partial charge is 0.417 e. The van der Waals surface area contributed by atoms with E-state index in [4.69, 9.17) is 9.47 Å². The van der Waals surface area contributed by atoms with Gasteiger partial charge in [0.2, 0.25) is 5.91 Å². The largest absolute Gasteiger partial charge is 0.461 e. The Hall–Kier alpha value is -4.85. The second-order valence-corrected chi connectivity index (χ2v) is 11.1. The maximum absolute atomic E-state index is 14.0. The van der Waals surface area contributed by atoms with Gasteiger partial charge in [-0.2, -0.15) is 18.3 Å². The first-order chi connectivity index (χ1) is 22.0. The van der Waals surface area contributed by atoms with E-state index in [1.165, 1.54) is 28.9 Å². The number of hydrogen-bond donors (Lipinski definition) is 2. The number of amides is 2. The molecule has 14 heteroatoms. The lowest BCUT2D eigenvalue weighted by Crippen LogP contribution is -2.57. The van der Waals surface area contributed by atoms with Crippen LogP contribution in [0, 0.1) is 0 Å². The topological polar surface area (TPSA) is 146 Å². The minimum atomic E-state index is -4.67. The quantitative estimate of drug-likeness (QED) is 0.253. The Kier molecular flexibility index (Phi) is 9.95. The summed E-state index contributed by atoms with van der Waals surface area (Å²) in [4.78, 5) is 64.1. The summed E-state index contributed by atoms with van der Waals surface area (Å²) in [5.41, 5.74) is -0.600. The number of ketones is 2. The Bertz CT molecular complexity index is 1600. The maximum atomic E-state index is 14.0. The van der Waals surface area contributed by atoms with E-state index in [0.29, 0.717) is 18.4 Å². The molecule has 1 saturated carbocycles. The molecular weight excluding hydrogens is 609 g/mol. The van der Waals surface area contributed by atoms with Crippen molar-refractivity contribution in [3.8, 4) is 11.3 Å². The Balaban J connectivity index is 1.41. The average Bonchev–Trinajstić information content (AvgIpc) is 3.72. The van der Waals surface area contributed by atoms with Gasteiger partial charge in [0, 0.05) is 5.56 Å². The van der Waals surface area contributed by atoms with Gasteiger partial charge < -0.3 is 20.1 Å². The van der Waals surface area contributed by atoms with Crippen LogP contribution in [-0.2, 0) is 41.4 Å². The third kappa shape index (κ3) is 7.68. The van der Waals surface area contributed by atoms with Crippen molar-refractivity contribution in [1.82, 2.24) is 20.4 Å². The van der Waals surface area contributed by atoms with Gasteiger partial charge in [-0.3, -0.25) is 28.7 Å². The van der Waals surface area contributed by atoms with Crippen LogP contribution in [0.5, 0.6) is 0 Å². The molecular formula is C32H31F3N4O7. The van der Waals surface area contributed by atoms with E-state index in [-0.39, 0.29) is 29.6 Å². The molecule has 5 rings (SSSR count). The predicted octanol–water partition coefficient (Wildman–Crippen LogP) is 3.57. The second kappa shape index (κ2) is 14.1. The predicted molar refractivity (Wildman–Crippen MR) is 155 cm³/mol. The lowest BCUT2D eigenvalue weighted by atomic mass is 10.0. The molecule has 0 spiro atoms. The zero-order valence-corrected chi connectivity index (χ0v) is 24.5. The number of esters is 1. The molecule has 1 aliphatic carbocycles. The van der Waals surface area contributed by atoms with Crippen molar-refractivity contribution in [3.05, 3.63) is 77.5 Å². The van der Waals surface area contributed by atoms with Crippen LogP contribution in [0.25, 0.3) is 11.3 Å². The fourth-order valence-electron chi connectivity index (χ4n) is 5.49. The van der Waals surface area contributed by atoms with Gasteiger partial charge in [0.05, 0.1) is 23.7 Å². The number of rotatable bonds is 10. The normalized spacial score (nSPS) is 16.7. The lowest BCUT2D eigenvalue weighted by molar-refractivity contribution is -0.147. The van der Waals surface area contributed by atoms with Crippen molar-refractivity contribution in [1.29, 1.82) is 0 Å². The van der Waals surface area contributed by atoms with Crippen LogP contribution in [0.4, 0.5) is 13.2 Å². The van der Waals surface area contributed by atoms with Gasteiger partial charge in [-0.05, 0) is 30.5 Å². The average molecular weight is 641 g/mol. The van der Waals surface area contributed by atoms with Crippen LogP contribution in [0.1, 0.15) is 59.8 Å². The standard InChI is InChI=1S/C32H31F3N4O7/c33-32(34,35)22-13-7-6-12-21(22)25-14-24(38-39(25)20-10-4-5-11-20)31(44)36-23(15-28(42)46-16-19-8-2-1-3-9-19)30(43)37-29-26(40)17-45-18-27(29)41/h1-3,6-9,12-14,20,23,29H,4-5,10-11,15-18H2,(H,36,44)(H,37,43)/t23-/m1/s1. The molecule has 1 atom stereocenters. The number of nitrogens with one attached hydrogen (secondary N) is 2. The van der Waals surface area contributed by atoms with E-state index in [1.54, 1.807) is 30.3 Å². The van der Waals surface area contributed by atoms with E-state index >= 15 is 0 Å². The summed E-state index contributed by atoms with van der Waals surface area (Å²) >= 11 is 0. The van der Waals surface area contributed by atoms with Gasteiger partial charge in [0.25, 0.3) is 5.91 Å². The number of alkyl halides is 3. The number of Topliss-reactive ketones (excluding diaryl/α,β-unsaturated/α-hetero) is 2. The number of benzene rings is 2. The molecule has 0 unspecified atom stereocenters. The molecule has 1 saturated heterocycles. The molecule has 2 aliphatic rings. The lowest BCUT2D eigenvalue weighted by Gasteiger charge is -2.24. The fourth-order valence-corrected chi connectivity index (χ4v) is 5.49. The first-order valence-corrected chi connectivity index (χ1v) is 14.7. The van der Waals surface area contributed by atoms with Gasteiger partial charge in [-0.1, -0.05) is 61.4 Å². The molecule has 1 aliphatic heterocycles. The van der Waals surface area contributed by atoms with Crippen molar-refractivity contribution in [2.75, 3.05) is 13.2 Å². The van der Waals surface area contributed by atoms with Gasteiger partial charge >= 0.3 is 12.1 Å². The van der Waals surface area contributed by atoms with Crippen LogP contribution in [0.15, 0.2) is 60.7 Å². The van der Waals surface area contributed by atoms with E-state index in [0.717, 1.165) is 18.9 Å². The number of aromatic nitrogens is 2. The summed E-state index contributed by atoms with van der Waals surface area (Å²) in [7, 11) is 0. The van der Waals surface area contributed by atoms with Gasteiger partial charge in [0.1, 0.15) is 25.9 Å². The third-order valence-electron chi connectivity index (χ3n) is 7.80. The van der Waals surface area contributed by atoms with Crippen molar-refractivity contribution in [3.63, 3.8) is 0 Å². The summed E-state index contributed by atoms with van der Waals surface area (Å²) in [5.74, 6) is -4.25. The second-order valence-electron chi connectivity index (χ2n) is 11.1. The summed E-state index contributed by atoms with van der Waals surface area (Å²) in [6, 6.07) is 11.5. The monoisotopic (exact) mass is 640 g/mol. The molecule has 46 heavy (non-hydrogen) atoms. The SMILES string of the molecule is O=C(C[C@@H](NC(=O)c1cc(-c2ccccc2C(F)(F)F)n(C2CCCC2)n1)C(=O)NC1C(=O)COCC1=O)OCc1ccccc1. The Morgan fingerprint density at radius 2 is 1.63 bits per heavy atom. The summed E-state index contributed by atoms with van der Waals surface area (Å²) in [6.45, 7) is -0.937. The summed E-state index contributed by atoms with van der Waals surface area (Å²) in [5, 5.41) is 9.04. The van der Waals surface area contributed by atoms with E-state index in [2.05, 4.69) is 15.7 Å². The highest BCUT2D eigenvalue weighted by Crippen LogP contribution is 2.40. The molecule has 2 N–H and O–H groups in total. The summed E-state index contributed by atoms with van der Waals surface area (Å²) < 4.78 is 53.4. The number of carbonyl (C=O) groups is 5. The zero-order chi connectivity index (χ0) is 32.8. The molecule has 1 aromatic heterocycles. The Labute approximate surface area is 261 Å². The van der Waals surface area contributed by atoms with Gasteiger partial charge in [-0.15, -0.1) is 0 Å². The molecule has 0 radical (unpaired) electrons. The molecule has 2 amide bonds. The van der Waals surface area contributed by atoms with Crippen molar-refractivity contribution in [2.45, 2.75) is 63.0 Å². The number of hydrogen-bond acceptors (Lipinski definition) is 8. The highest BCUT2D eigenvalue weighted by molar-refractivity contribution is 6.11. The molecule has 2 heterocycles. The third-order valence-corrected chi connectivity index (χ3v) is 7.80. The number of ether oxygens (including phenoxy) is 2. The van der Waals surface area contributed by atoms with Crippen LogP contribution in [0.3, 0.4) is 0 Å². The van der Waals surface area contributed by atoms with Gasteiger partial charge in [-0.25, -0.2) is 0 Å². The van der Waals surface area contributed by atoms with Crippen molar-refractivity contribution in [2.24, 2.45) is 0 Å². The minimum absolute atomic E-state index is 0.0756. The first-order valence-electron chi connectivity index (χ1n) is 14.7. The van der Waals surface area contributed by atoms with Crippen LogP contribution in [0.2, 0.25) is 0 Å². The Morgan fingerprint density at radius 3 is 2.30 bits per heavy atom. The van der Waals surface area contributed by atoms with E-state index < -0.39 is 72.8 Å². The molecule has 2 aromatic carbocycles. The van der Waals surface area contributed by atoms with E-state index in [9.17, 15) is 37.1 Å². The zero-order valence-electron chi connectivity index (χ0n) is 24.5. The van der Waals surface area contributed by atoms with E-state index in [1.807, 2.05) is 0 Å². The number of halogens is 3. The highest BCUT2D eigenvalue weighted by atomic mass is 19.4. The number of carbonyl (C=O) groups excluding carboxylic acids is 5.